The third kappa shape index (κ3) is 4.41. The highest BCUT2D eigenvalue weighted by Crippen LogP contribution is 2.25. The van der Waals surface area contributed by atoms with E-state index in [1.165, 1.54) is 12.8 Å². The Morgan fingerprint density at radius 2 is 1.68 bits per heavy atom. The molecule has 4 nitrogen and oxygen atoms in total. The van der Waals surface area contributed by atoms with Crippen molar-refractivity contribution in [3.8, 4) is 0 Å². The summed E-state index contributed by atoms with van der Waals surface area (Å²) in [6, 6.07) is 0.0480. The lowest BCUT2D eigenvalue weighted by Crippen LogP contribution is -2.50. The molecule has 0 aromatic carbocycles. The second-order valence-corrected chi connectivity index (χ2v) is 8.84. The van der Waals surface area contributed by atoms with Crippen molar-refractivity contribution in [2.45, 2.75) is 62.7 Å². The molecule has 1 saturated heterocycles. The van der Waals surface area contributed by atoms with Gasteiger partial charge in [-0.25, -0.2) is 0 Å². The molecule has 2 unspecified atom stereocenters. The Labute approximate surface area is 125 Å². The van der Waals surface area contributed by atoms with Crippen molar-refractivity contribution < 1.29 is 8.42 Å². The molecule has 2 atom stereocenters. The molecule has 0 bridgehead atoms. The highest BCUT2D eigenvalue weighted by atomic mass is 79.9. The van der Waals surface area contributed by atoms with E-state index >= 15 is 0 Å². The van der Waals surface area contributed by atoms with Crippen LogP contribution in [0.2, 0.25) is 0 Å². The number of halogens is 1. The Balaban J connectivity index is 1.95. The fourth-order valence-corrected chi connectivity index (χ4v) is 5.29. The maximum Gasteiger partial charge on any atom is 0.279 e. The van der Waals surface area contributed by atoms with Gasteiger partial charge in [0.2, 0.25) is 0 Å². The average molecular weight is 353 g/mol. The highest BCUT2D eigenvalue weighted by Gasteiger charge is 2.31. The van der Waals surface area contributed by atoms with E-state index in [1.54, 1.807) is 4.31 Å². The standard InChI is InChI=1S/C13H25BrN2O2S/c1-11-7-9-16(10-8-11)19(17,18)15-13-6-4-2-3-5-12(13)14/h11-13,15H,2-10H2,1H3. The van der Waals surface area contributed by atoms with Crippen LogP contribution in [-0.4, -0.2) is 36.7 Å². The summed E-state index contributed by atoms with van der Waals surface area (Å²) in [5.41, 5.74) is 0. The van der Waals surface area contributed by atoms with Crippen LogP contribution in [0.4, 0.5) is 0 Å². The van der Waals surface area contributed by atoms with Crippen molar-refractivity contribution in [1.82, 2.24) is 9.03 Å². The van der Waals surface area contributed by atoms with Gasteiger partial charge in [0.25, 0.3) is 10.2 Å². The first kappa shape index (κ1) is 15.7. The molecule has 0 spiro atoms. The molecule has 19 heavy (non-hydrogen) atoms. The van der Waals surface area contributed by atoms with Gasteiger partial charge < -0.3 is 0 Å². The fourth-order valence-electron chi connectivity index (χ4n) is 2.89. The van der Waals surface area contributed by atoms with Gasteiger partial charge in [-0.15, -0.1) is 0 Å². The summed E-state index contributed by atoms with van der Waals surface area (Å²) in [6.07, 6.45) is 7.47. The fraction of sp³-hybridized carbons (Fsp3) is 1.00. The summed E-state index contributed by atoms with van der Waals surface area (Å²) in [5.74, 6) is 0.647. The van der Waals surface area contributed by atoms with Gasteiger partial charge >= 0.3 is 0 Å². The summed E-state index contributed by atoms with van der Waals surface area (Å²) in [6.45, 7) is 3.52. The topological polar surface area (TPSA) is 49.4 Å². The molecule has 1 saturated carbocycles. The van der Waals surface area contributed by atoms with Crippen LogP contribution in [0.5, 0.6) is 0 Å². The van der Waals surface area contributed by atoms with Gasteiger partial charge in [0, 0.05) is 24.0 Å². The van der Waals surface area contributed by atoms with Crippen LogP contribution in [-0.2, 0) is 10.2 Å². The summed E-state index contributed by atoms with van der Waals surface area (Å²) in [5, 5.41) is 0. The predicted molar refractivity (Wildman–Crippen MR) is 81.6 cm³/mol. The molecule has 0 amide bonds. The van der Waals surface area contributed by atoms with E-state index in [2.05, 4.69) is 27.6 Å². The number of hydrogen-bond acceptors (Lipinski definition) is 2. The van der Waals surface area contributed by atoms with Gasteiger partial charge in [-0.05, 0) is 31.6 Å². The Hall–Kier alpha value is 0.350. The third-order valence-corrected chi connectivity index (χ3v) is 7.06. The Morgan fingerprint density at radius 3 is 2.37 bits per heavy atom. The zero-order valence-corrected chi connectivity index (χ0v) is 14.0. The lowest BCUT2D eigenvalue weighted by Gasteiger charge is -2.31. The zero-order valence-electron chi connectivity index (χ0n) is 11.6. The van der Waals surface area contributed by atoms with Crippen molar-refractivity contribution in [3.05, 3.63) is 0 Å². The van der Waals surface area contributed by atoms with Crippen LogP contribution in [0.15, 0.2) is 0 Å². The van der Waals surface area contributed by atoms with Gasteiger partial charge in [0.15, 0.2) is 0 Å². The molecule has 0 aromatic heterocycles. The van der Waals surface area contributed by atoms with Crippen molar-refractivity contribution in [1.29, 1.82) is 0 Å². The Morgan fingerprint density at radius 1 is 1.05 bits per heavy atom. The van der Waals surface area contributed by atoms with E-state index in [9.17, 15) is 8.42 Å². The summed E-state index contributed by atoms with van der Waals surface area (Å²) in [7, 11) is -3.30. The van der Waals surface area contributed by atoms with Crippen molar-refractivity contribution in [2.24, 2.45) is 5.92 Å². The van der Waals surface area contributed by atoms with Crippen molar-refractivity contribution in [3.63, 3.8) is 0 Å². The number of piperidine rings is 1. The molecule has 1 heterocycles. The van der Waals surface area contributed by atoms with E-state index in [1.807, 2.05) is 0 Å². The predicted octanol–water partition coefficient (Wildman–Crippen LogP) is 2.65. The SMILES string of the molecule is CC1CCN(S(=O)(=O)NC2CCCCCC2Br)CC1. The van der Waals surface area contributed by atoms with Crippen LogP contribution < -0.4 is 4.72 Å². The summed E-state index contributed by atoms with van der Waals surface area (Å²) < 4.78 is 29.4. The smallest absolute Gasteiger partial charge is 0.198 e. The number of rotatable bonds is 3. The minimum Gasteiger partial charge on any atom is -0.198 e. The summed E-state index contributed by atoms with van der Waals surface area (Å²) >= 11 is 3.65. The van der Waals surface area contributed by atoms with Crippen LogP contribution in [0.3, 0.4) is 0 Å². The molecule has 2 rings (SSSR count). The first-order valence-corrected chi connectivity index (χ1v) is 9.76. The van der Waals surface area contributed by atoms with E-state index < -0.39 is 10.2 Å². The average Bonchev–Trinajstić information content (AvgIpc) is 2.55. The number of nitrogens with zero attached hydrogens (tertiary/aromatic N) is 1. The van der Waals surface area contributed by atoms with E-state index in [4.69, 9.17) is 0 Å². The lowest BCUT2D eigenvalue weighted by molar-refractivity contribution is 0.283. The molecule has 0 radical (unpaired) electrons. The second kappa shape index (κ2) is 6.87. The molecule has 1 N–H and O–H groups in total. The number of nitrogens with one attached hydrogen (secondary N) is 1. The highest BCUT2D eigenvalue weighted by molar-refractivity contribution is 9.09. The Kier molecular flexibility index (Phi) is 5.69. The van der Waals surface area contributed by atoms with Crippen molar-refractivity contribution in [2.75, 3.05) is 13.1 Å². The molecule has 1 aliphatic heterocycles. The van der Waals surface area contributed by atoms with Gasteiger partial charge in [-0.3, -0.25) is 0 Å². The van der Waals surface area contributed by atoms with Crippen LogP contribution in [0.25, 0.3) is 0 Å². The molecule has 1 aliphatic carbocycles. The zero-order chi connectivity index (χ0) is 13.9. The Bertz CT molecular complexity index is 380. The van der Waals surface area contributed by atoms with Crippen LogP contribution in [0, 0.1) is 5.92 Å². The molecular formula is C13H25BrN2O2S. The normalized spacial score (nSPS) is 32.1. The first-order valence-electron chi connectivity index (χ1n) is 7.40. The largest absolute Gasteiger partial charge is 0.279 e. The summed E-state index contributed by atoms with van der Waals surface area (Å²) in [4.78, 5) is 0.272. The molecule has 2 fully saturated rings. The maximum absolute atomic E-state index is 12.4. The minimum atomic E-state index is -3.30. The lowest BCUT2D eigenvalue weighted by atomic mass is 10.0. The quantitative estimate of drug-likeness (QED) is 0.626. The molecule has 0 aromatic rings. The number of alkyl halides is 1. The van der Waals surface area contributed by atoms with Crippen LogP contribution in [0.1, 0.15) is 51.9 Å². The molecule has 2 aliphatic rings. The van der Waals surface area contributed by atoms with E-state index in [-0.39, 0.29) is 10.9 Å². The minimum absolute atomic E-state index is 0.0480. The first-order chi connectivity index (χ1) is 8.99. The molecular weight excluding hydrogens is 328 g/mol. The van der Waals surface area contributed by atoms with E-state index in [0.29, 0.717) is 19.0 Å². The van der Waals surface area contributed by atoms with Crippen LogP contribution >= 0.6 is 15.9 Å². The van der Waals surface area contributed by atoms with Crippen molar-refractivity contribution >= 4 is 26.1 Å². The van der Waals surface area contributed by atoms with Gasteiger partial charge in [-0.2, -0.15) is 17.4 Å². The second-order valence-electron chi connectivity index (χ2n) is 5.96. The molecule has 112 valence electrons. The monoisotopic (exact) mass is 352 g/mol. The van der Waals surface area contributed by atoms with Gasteiger partial charge in [0.05, 0.1) is 0 Å². The number of hydrogen-bond donors (Lipinski definition) is 1. The third-order valence-electron chi connectivity index (χ3n) is 4.31. The molecule has 6 heteroatoms. The van der Waals surface area contributed by atoms with Gasteiger partial charge in [-0.1, -0.05) is 42.1 Å². The van der Waals surface area contributed by atoms with E-state index in [0.717, 1.165) is 32.1 Å². The van der Waals surface area contributed by atoms with Gasteiger partial charge in [0.1, 0.15) is 0 Å². The maximum atomic E-state index is 12.4.